The van der Waals surface area contributed by atoms with Gasteiger partial charge in [-0.1, -0.05) is 30.3 Å². The number of amides is 1. The molecule has 3 rings (SSSR count). The van der Waals surface area contributed by atoms with Gasteiger partial charge in [0.1, 0.15) is 5.69 Å². The number of carbonyl (C=O) groups is 1. The highest BCUT2D eigenvalue weighted by Crippen LogP contribution is 2.27. The maximum atomic E-state index is 12.5. The highest BCUT2D eigenvalue weighted by Gasteiger charge is 2.34. The molecule has 1 aromatic heterocycles. The molecule has 0 unspecified atom stereocenters. The van der Waals surface area contributed by atoms with Crippen molar-refractivity contribution < 1.29 is 9.53 Å². The van der Waals surface area contributed by atoms with Crippen LogP contribution in [0.25, 0.3) is 0 Å². The Bertz CT molecular complexity index is 726. The van der Waals surface area contributed by atoms with E-state index in [-0.39, 0.29) is 24.5 Å². The van der Waals surface area contributed by atoms with E-state index < -0.39 is 0 Å². The molecule has 1 aliphatic rings. The SMILES string of the molecule is Cc1nn(C)c(C)c1OCC(=O)N1C[C@@H](N)[C@H](c2ccccc2)C1. The Morgan fingerprint density at radius 3 is 2.62 bits per heavy atom. The molecular formula is C18H24N4O2. The predicted octanol–water partition coefficient (Wildman–Crippen LogP) is 1.37. The van der Waals surface area contributed by atoms with Crippen LogP contribution in [0.4, 0.5) is 0 Å². The van der Waals surface area contributed by atoms with Crippen LogP contribution in [-0.4, -0.2) is 46.3 Å². The molecular weight excluding hydrogens is 304 g/mol. The zero-order chi connectivity index (χ0) is 17.3. The summed E-state index contributed by atoms with van der Waals surface area (Å²) in [5.74, 6) is 0.831. The second kappa shape index (κ2) is 6.65. The van der Waals surface area contributed by atoms with E-state index in [0.29, 0.717) is 18.8 Å². The summed E-state index contributed by atoms with van der Waals surface area (Å²) in [6.45, 7) is 5.02. The molecule has 128 valence electrons. The zero-order valence-electron chi connectivity index (χ0n) is 14.4. The average Bonchev–Trinajstić information content (AvgIpc) is 3.07. The number of aromatic nitrogens is 2. The smallest absolute Gasteiger partial charge is 0.260 e. The van der Waals surface area contributed by atoms with Crippen LogP contribution in [0, 0.1) is 13.8 Å². The molecule has 2 heterocycles. The molecule has 24 heavy (non-hydrogen) atoms. The summed E-state index contributed by atoms with van der Waals surface area (Å²) in [5.41, 5.74) is 9.14. The Labute approximate surface area is 142 Å². The van der Waals surface area contributed by atoms with Crippen molar-refractivity contribution in [2.75, 3.05) is 19.7 Å². The third kappa shape index (κ3) is 3.14. The number of rotatable bonds is 4. The summed E-state index contributed by atoms with van der Waals surface area (Å²) in [7, 11) is 1.86. The molecule has 0 radical (unpaired) electrons. The van der Waals surface area contributed by atoms with Gasteiger partial charge in [-0.25, -0.2) is 0 Å². The molecule has 6 nitrogen and oxygen atoms in total. The van der Waals surface area contributed by atoms with Gasteiger partial charge in [-0.3, -0.25) is 9.48 Å². The maximum absolute atomic E-state index is 12.5. The lowest BCUT2D eigenvalue weighted by Crippen LogP contribution is -2.35. The number of nitrogens with zero attached hydrogens (tertiary/aromatic N) is 3. The summed E-state index contributed by atoms with van der Waals surface area (Å²) >= 11 is 0. The minimum atomic E-state index is -0.0433. The van der Waals surface area contributed by atoms with E-state index in [9.17, 15) is 4.79 Å². The number of carbonyl (C=O) groups excluding carboxylic acids is 1. The Kier molecular flexibility index (Phi) is 4.57. The fourth-order valence-corrected chi connectivity index (χ4v) is 3.27. The van der Waals surface area contributed by atoms with Gasteiger partial charge in [-0.2, -0.15) is 5.10 Å². The standard InChI is InChI=1S/C18H24N4O2/c1-12-18(13(2)21(3)20-12)24-11-17(23)22-9-15(16(19)10-22)14-7-5-4-6-8-14/h4-8,15-16H,9-11,19H2,1-3H3/t15-,16+/m0/s1. The van der Waals surface area contributed by atoms with Crippen LogP contribution in [0.15, 0.2) is 30.3 Å². The molecule has 0 bridgehead atoms. The molecule has 2 N–H and O–H groups in total. The van der Waals surface area contributed by atoms with Crippen LogP contribution in [-0.2, 0) is 11.8 Å². The summed E-state index contributed by atoms with van der Waals surface area (Å²) < 4.78 is 7.48. The third-order valence-electron chi connectivity index (χ3n) is 4.73. The molecule has 6 heteroatoms. The van der Waals surface area contributed by atoms with Crippen molar-refractivity contribution >= 4 is 5.91 Å². The van der Waals surface area contributed by atoms with Crippen LogP contribution in [0.3, 0.4) is 0 Å². The van der Waals surface area contributed by atoms with Gasteiger partial charge in [0.25, 0.3) is 5.91 Å². The highest BCUT2D eigenvalue weighted by atomic mass is 16.5. The first kappa shape index (κ1) is 16.5. The van der Waals surface area contributed by atoms with E-state index in [1.165, 1.54) is 5.56 Å². The van der Waals surface area contributed by atoms with Gasteiger partial charge in [0.2, 0.25) is 0 Å². The molecule has 2 atom stereocenters. The number of hydrogen-bond donors (Lipinski definition) is 1. The molecule has 0 spiro atoms. The Hall–Kier alpha value is -2.34. The van der Waals surface area contributed by atoms with Crippen molar-refractivity contribution in [2.45, 2.75) is 25.8 Å². The second-order valence-electron chi connectivity index (χ2n) is 6.39. The molecule has 1 saturated heterocycles. The number of aryl methyl sites for hydroxylation is 2. The molecule has 2 aromatic rings. The molecule has 0 aliphatic carbocycles. The van der Waals surface area contributed by atoms with Crippen LogP contribution < -0.4 is 10.5 Å². The number of likely N-dealkylation sites (tertiary alicyclic amines) is 1. The topological polar surface area (TPSA) is 73.4 Å². The average molecular weight is 328 g/mol. The van der Waals surface area contributed by atoms with Crippen molar-refractivity contribution in [3.8, 4) is 5.75 Å². The Morgan fingerprint density at radius 1 is 1.29 bits per heavy atom. The normalized spacial score (nSPS) is 20.4. The van der Waals surface area contributed by atoms with E-state index in [1.807, 2.05) is 39.1 Å². The van der Waals surface area contributed by atoms with Gasteiger partial charge in [0.15, 0.2) is 12.4 Å². The summed E-state index contributed by atoms with van der Waals surface area (Å²) in [4.78, 5) is 14.3. The number of ether oxygens (including phenoxy) is 1. The maximum Gasteiger partial charge on any atom is 0.260 e. The summed E-state index contributed by atoms with van der Waals surface area (Å²) in [5, 5.41) is 4.30. The monoisotopic (exact) mass is 328 g/mol. The first-order valence-electron chi connectivity index (χ1n) is 8.18. The fraction of sp³-hybridized carbons (Fsp3) is 0.444. The molecule has 1 amide bonds. The molecule has 0 saturated carbocycles. The van der Waals surface area contributed by atoms with Crippen molar-refractivity contribution in [3.63, 3.8) is 0 Å². The van der Waals surface area contributed by atoms with Crippen molar-refractivity contribution in [2.24, 2.45) is 12.8 Å². The van der Waals surface area contributed by atoms with Crippen molar-refractivity contribution in [1.82, 2.24) is 14.7 Å². The first-order chi connectivity index (χ1) is 11.5. The van der Waals surface area contributed by atoms with Crippen LogP contribution in [0.1, 0.15) is 22.9 Å². The zero-order valence-corrected chi connectivity index (χ0v) is 14.4. The predicted molar refractivity (Wildman–Crippen MR) is 91.9 cm³/mol. The summed E-state index contributed by atoms with van der Waals surface area (Å²) in [6.07, 6.45) is 0. The van der Waals surface area contributed by atoms with Crippen LogP contribution in [0.5, 0.6) is 5.75 Å². The number of benzene rings is 1. The van der Waals surface area contributed by atoms with E-state index >= 15 is 0 Å². The lowest BCUT2D eigenvalue weighted by atomic mass is 9.95. The third-order valence-corrected chi connectivity index (χ3v) is 4.73. The van der Waals surface area contributed by atoms with E-state index in [0.717, 1.165) is 11.4 Å². The van der Waals surface area contributed by atoms with Crippen LogP contribution in [0.2, 0.25) is 0 Å². The second-order valence-corrected chi connectivity index (χ2v) is 6.39. The van der Waals surface area contributed by atoms with E-state index in [1.54, 1.807) is 9.58 Å². The Balaban J connectivity index is 1.62. The quantitative estimate of drug-likeness (QED) is 0.920. The highest BCUT2D eigenvalue weighted by molar-refractivity contribution is 5.78. The van der Waals surface area contributed by atoms with Crippen molar-refractivity contribution in [3.05, 3.63) is 47.3 Å². The number of hydrogen-bond acceptors (Lipinski definition) is 4. The van der Waals surface area contributed by atoms with Gasteiger partial charge < -0.3 is 15.4 Å². The first-order valence-corrected chi connectivity index (χ1v) is 8.18. The minimum Gasteiger partial charge on any atom is -0.480 e. The summed E-state index contributed by atoms with van der Waals surface area (Å²) in [6, 6.07) is 10.1. The lowest BCUT2D eigenvalue weighted by Gasteiger charge is -2.17. The lowest BCUT2D eigenvalue weighted by molar-refractivity contribution is -0.132. The van der Waals surface area contributed by atoms with Crippen molar-refractivity contribution in [1.29, 1.82) is 0 Å². The molecule has 1 fully saturated rings. The van der Waals surface area contributed by atoms with Gasteiger partial charge in [0.05, 0.1) is 5.69 Å². The molecule has 1 aliphatic heterocycles. The van der Waals surface area contributed by atoms with E-state index in [2.05, 4.69) is 17.2 Å². The van der Waals surface area contributed by atoms with Gasteiger partial charge in [-0.05, 0) is 19.4 Å². The minimum absolute atomic E-state index is 0.0155. The number of nitrogens with two attached hydrogens (primary N) is 1. The van der Waals surface area contributed by atoms with Gasteiger partial charge >= 0.3 is 0 Å². The van der Waals surface area contributed by atoms with Gasteiger partial charge in [0, 0.05) is 32.1 Å². The van der Waals surface area contributed by atoms with Gasteiger partial charge in [-0.15, -0.1) is 0 Å². The largest absolute Gasteiger partial charge is 0.480 e. The Morgan fingerprint density at radius 2 is 2.00 bits per heavy atom. The van der Waals surface area contributed by atoms with E-state index in [4.69, 9.17) is 10.5 Å². The fourth-order valence-electron chi connectivity index (χ4n) is 3.27. The molecule has 1 aromatic carbocycles. The van der Waals surface area contributed by atoms with Crippen LogP contribution >= 0.6 is 0 Å².